The third kappa shape index (κ3) is 3.69. The van der Waals surface area contributed by atoms with E-state index in [-0.39, 0.29) is 36.6 Å². The lowest BCUT2D eigenvalue weighted by molar-refractivity contribution is -0.142. The van der Waals surface area contributed by atoms with Crippen LogP contribution in [0.1, 0.15) is 30.4 Å². The fraction of sp³-hybridized carbons (Fsp3) is 0.269. The average Bonchev–Trinajstić information content (AvgIpc) is 3.29. The van der Waals surface area contributed by atoms with Gasteiger partial charge in [0.05, 0.1) is 11.8 Å². The summed E-state index contributed by atoms with van der Waals surface area (Å²) in [5, 5.41) is 3.41. The first-order valence-corrected chi connectivity index (χ1v) is 11.5. The highest BCUT2D eigenvalue weighted by molar-refractivity contribution is 6.10. The Hall–Kier alpha value is -4.27. The van der Waals surface area contributed by atoms with Crippen LogP contribution >= 0.6 is 0 Å². The maximum Gasteiger partial charge on any atom is 0.344 e. The Morgan fingerprint density at radius 3 is 1.89 bits per heavy atom. The normalized spacial score (nSPS) is 22.9. The highest BCUT2D eigenvalue weighted by Crippen LogP contribution is 2.36. The Balaban J connectivity index is 1.32. The Kier molecular flexibility index (Phi) is 5.68. The molecular weight excluding hydrogens is 448 g/mol. The van der Waals surface area contributed by atoms with Gasteiger partial charge in [0.2, 0.25) is 17.7 Å². The minimum absolute atomic E-state index is 0.108. The molecular formula is C26H24N4O5. The quantitative estimate of drug-likeness (QED) is 0.378. The summed E-state index contributed by atoms with van der Waals surface area (Å²) in [4.78, 5) is 65.6. The molecule has 2 saturated heterocycles. The number of nitrogens with one attached hydrogen (secondary N) is 2. The largest absolute Gasteiger partial charge is 0.344 e. The molecule has 0 unspecified atom stereocenters. The van der Waals surface area contributed by atoms with E-state index in [0.29, 0.717) is 29.0 Å². The molecule has 0 saturated carbocycles. The number of hydrogen-bond donors (Lipinski definition) is 2. The van der Waals surface area contributed by atoms with E-state index in [4.69, 9.17) is 0 Å². The molecule has 0 radical (unpaired) electrons. The lowest BCUT2D eigenvalue weighted by atomic mass is 9.83. The van der Waals surface area contributed by atoms with E-state index in [9.17, 15) is 24.0 Å². The number of carbonyl (C=O) groups excluding carboxylic acids is 5. The minimum Gasteiger partial charge on any atom is -0.314 e. The van der Waals surface area contributed by atoms with E-state index < -0.39 is 23.4 Å². The molecule has 5 rings (SSSR count). The Morgan fingerprint density at radius 1 is 0.857 bits per heavy atom. The summed E-state index contributed by atoms with van der Waals surface area (Å²) in [6.45, 7) is -0.108. The molecule has 9 heteroatoms. The van der Waals surface area contributed by atoms with Crippen molar-refractivity contribution in [2.45, 2.75) is 24.8 Å². The predicted octanol–water partition coefficient (Wildman–Crippen LogP) is 1.85. The van der Waals surface area contributed by atoms with Gasteiger partial charge in [-0.1, -0.05) is 72.8 Å². The van der Waals surface area contributed by atoms with E-state index in [2.05, 4.69) is 10.7 Å². The van der Waals surface area contributed by atoms with Crippen LogP contribution in [0.2, 0.25) is 0 Å². The zero-order valence-electron chi connectivity index (χ0n) is 18.8. The second-order valence-electron chi connectivity index (χ2n) is 8.82. The molecule has 2 atom stereocenters. The number of hydrogen-bond acceptors (Lipinski definition) is 5. The fourth-order valence-corrected chi connectivity index (χ4v) is 5.05. The minimum atomic E-state index is -1.50. The van der Waals surface area contributed by atoms with E-state index in [1.54, 1.807) is 60.7 Å². The van der Waals surface area contributed by atoms with Crippen LogP contribution in [0.5, 0.6) is 0 Å². The summed E-state index contributed by atoms with van der Waals surface area (Å²) < 4.78 is 0. The summed E-state index contributed by atoms with van der Waals surface area (Å²) in [5.41, 5.74) is 1.95. The van der Waals surface area contributed by atoms with Gasteiger partial charge >= 0.3 is 6.03 Å². The van der Waals surface area contributed by atoms with Gasteiger partial charge in [0, 0.05) is 13.0 Å². The third-order valence-corrected chi connectivity index (χ3v) is 6.83. The molecule has 9 nitrogen and oxygen atoms in total. The Bertz CT molecular complexity index is 1160. The topological polar surface area (TPSA) is 116 Å². The van der Waals surface area contributed by atoms with Gasteiger partial charge in [-0.3, -0.25) is 29.5 Å². The van der Waals surface area contributed by atoms with Crippen LogP contribution in [0, 0.1) is 11.8 Å². The summed E-state index contributed by atoms with van der Waals surface area (Å²) in [6.07, 6.45) is 4.59. The Labute approximate surface area is 201 Å². The molecule has 178 valence electrons. The molecule has 0 spiro atoms. The molecule has 0 bridgehead atoms. The standard InChI is InChI=1S/C26H24N4O5/c31-21(15-16-29-22(32)19-13-7-8-14-20(19)23(29)33)28-30-24(34)26(27-25(30)35,17-9-3-1-4-10-17)18-11-5-2-6-12-18/h1-12,19-20H,13-16H2,(H,27,35)(H,28,31)/t19-,20-/m0/s1. The van der Waals surface area contributed by atoms with E-state index in [1.807, 2.05) is 12.2 Å². The molecule has 1 aliphatic carbocycles. The highest BCUT2D eigenvalue weighted by Gasteiger charge is 2.54. The molecule has 2 fully saturated rings. The van der Waals surface area contributed by atoms with Crippen LogP contribution in [0.4, 0.5) is 4.79 Å². The van der Waals surface area contributed by atoms with Gasteiger partial charge in [-0.15, -0.1) is 0 Å². The molecule has 2 N–H and O–H groups in total. The SMILES string of the molecule is O=C(CCN1C(=O)[C@H]2CC=CC[C@@H]2C1=O)NN1C(=O)NC(c2ccccc2)(c2ccccc2)C1=O. The second-order valence-corrected chi connectivity index (χ2v) is 8.82. The van der Waals surface area contributed by atoms with Crippen molar-refractivity contribution in [3.05, 3.63) is 83.9 Å². The number of urea groups is 1. The zero-order valence-corrected chi connectivity index (χ0v) is 18.8. The van der Waals surface area contributed by atoms with Crippen molar-refractivity contribution in [2.75, 3.05) is 6.54 Å². The zero-order chi connectivity index (χ0) is 24.6. The number of carbonyl (C=O) groups is 5. The van der Waals surface area contributed by atoms with Crippen molar-refractivity contribution >= 4 is 29.7 Å². The van der Waals surface area contributed by atoms with Gasteiger partial charge in [-0.25, -0.2) is 4.79 Å². The monoisotopic (exact) mass is 472 g/mol. The fourth-order valence-electron chi connectivity index (χ4n) is 5.05. The molecule has 2 heterocycles. The maximum absolute atomic E-state index is 13.6. The van der Waals surface area contributed by atoms with Crippen molar-refractivity contribution in [1.29, 1.82) is 0 Å². The van der Waals surface area contributed by atoms with Gasteiger partial charge in [0.15, 0.2) is 5.54 Å². The number of rotatable bonds is 6. The second kappa shape index (κ2) is 8.83. The van der Waals surface area contributed by atoms with Crippen LogP contribution < -0.4 is 10.7 Å². The first-order valence-electron chi connectivity index (χ1n) is 11.5. The van der Waals surface area contributed by atoms with Crippen LogP contribution in [-0.2, 0) is 24.7 Å². The van der Waals surface area contributed by atoms with Gasteiger partial charge < -0.3 is 5.32 Å². The van der Waals surface area contributed by atoms with Crippen molar-refractivity contribution in [1.82, 2.24) is 20.7 Å². The van der Waals surface area contributed by atoms with Gasteiger partial charge in [0.1, 0.15) is 0 Å². The van der Waals surface area contributed by atoms with Crippen LogP contribution in [-0.4, -0.2) is 46.1 Å². The van der Waals surface area contributed by atoms with Crippen molar-refractivity contribution < 1.29 is 24.0 Å². The molecule has 35 heavy (non-hydrogen) atoms. The first-order chi connectivity index (χ1) is 16.9. The summed E-state index contributed by atoms with van der Waals surface area (Å²) in [7, 11) is 0. The van der Waals surface area contributed by atoms with Crippen molar-refractivity contribution in [2.24, 2.45) is 11.8 Å². The van der Waals surface area contributed by atoms with Gasteiger partial charge in [-0.05, 0) is 24.0 Å². The van der Waals surface area contributed by atoms with Crippen LogP contribution in [0.3, 0.4) is 0 Å². The lowest BCUT2D eigenvalue weighted by Crippen LogP contribution is -2.49. The van der Waals surface area contributed by atoms with E-state index in [0.717, 1.165) is 4.90 Å². The molecule has 6 amide bonds. The first kappa shape index (κ1) is 22.5. The summed E-state index contributed by atoms with van der Waals surface area (Å²) in [6, 6.07) is 16.8. The van der Waals surface area contributed by atoms with Crippen molar-refractivity contribution in [3.63, 3.8) is 0 Å². The van der Waals surface area contributed by atoms with Crippen molar-refractivity contribution in [3.8, 4) is 0 Å². The number of imide groups is 2. The highest BCUT2D eigenvalue weighted by atomic mass is 16.2. The third-order valence-electron chi connectivity index (χ3n) is 6.83. The number of amides is 6. The van der Waals surface area contributed by atoms with Gasteiger partial charge in [0.25, 0.3) is 5.91 Å². The molecule has 0 aromatic heterocycles. The van der Waals surface area contributed by atoms with Gasteiger partial charge in [-0.2, -0.15) is 5.01 Å². The number of fused-ring (bicyclic) bond motifs is 1. The van der Waals surface area contributed by atoms with E-state index >= 15 is 0 Å². The maximum atomic E-state index is 13.6. The number of benzene rings is 2. The summed E-state index contributed by atoms with van der Waals surface area (Å²) >= 11 is 0. The van der Waals surface area contributed by atoms with E-state index in [1.165, 1.54) is 0 Å². The average molecular weight is 473 g/mol. The number of hydrazine groups is 1. The Morgan fingerprint density at radius 2 is 1.37 bits per heavy atom. The summed E-state index contributed by atoms with van der Waals surface area (Å²) in [5.74, 6) is -2.62. The lowest BCUT2D eigenvalue weighted by Gasteiger charge is -2.27. The number of allylic oxidation sites excluding steroid dienone is 2. The number of nitrogens with zero attached hydrogens (tertiary/aromatic N) is 2. The molecule has 2 aromatic rings. The number of likely N-dealkylation sites (tertiary alicyclic amines) is 1. The molecule has 3 aliphatic rings. The van der Waals surface area contributed by atoms with Crippen LogP contribution in [0.25, 0.3) is 0 Å². The molecule has 2 aliphatic heterocycles. The predicted molar refractivity (Wildman–Crippen MR) is 124 cm³/mol. The van der Waals surface area contributed by atoms with Crippen LogP contribution in [0.15, 0.2) is 72.8 Å². The smallest absolute Gasteiger partial charge is 0.314 e. The molecule has 2 aromatic carbocycles.